The van der Waals surface area contributed by atoms with Crippen LogP contribution in [0.2, 0.25) is 0 Å². The highest BCUT2D eigenvalue weighted by Crippen LogP contribution is 2.22. The maximum atomic E-state index is 11.6. The first-order chi connectivity index (χ1) is 10.5. The van der Waals surface area contributed by atoms with Gasteiger partial charge in [-0.3, -0.25) is 4.79 Å². The Balaban J connectivity index is 2.29. The van der Waals surface area contributed by atoms with Crippen LogP contribution in [0, 0.1) is 0 Å². The lowest BCUT2D eigenvalue weighted by Crippen LogP contribution is -2.59. The molecule has 0 aliphatic carbocycles. The third kappa shape index (κ3) is 5.81. The molecule has 0 radical (unpaired) electrons. The summed E-state index contributed by atoms with van der Waals surface area (Å²) >= 11 is 0. The third-order valence-electron chi connectivity index (χ3n) is 3.79. The van der Waals surface area contributed by atoms with E-state index < -0.39 is 30.7 Å². The lowest BCUT2D eigenvalue weighted by Gasteiger charge is -2.39. The van der Waals surface area contributed by atoms with Crippen LogP contribution in [0.3, 0.4) is 0 Å². The van der Waals surface area contributed by atoms with Gasteiger partial charge in [0.2, 0.25) is 0 Å². The molecule has 7 nitrogen and oxygen atoms in total. The molecule has 1 fully saturated rings. The zero-order chi connectivity index (χ0) is 16.5. The van der Waals surface area contributed by atoms with E-state index in [1.54, 1.807) is 0 Å². The SMILES string of the molecule is CCCCCCCC(=O)OCC1OC(OC)C(O)C(O)C1O. The highest BCUT2D eigenvalue weighted by atomic mass is 16.7. The summed E-state index contributed by atoms with van der Waals surface area (Å²) < 4.78 is 15.2. The van der Waals surface area contributed by atoms with Crippen LogP contribution in [-0.2, 0) is 19.0 Å². The Kier molecular flexibility index (Phi) is 8.89. The molecule has 1 saturated heterocycles. The lowest BCUT2D eigenvalue weighted by molar-refractivity contribution is -0.295. The summed E-state index contributed by atoms with van der Waals surface area (Å²) in [6.45, 7) is 1.95. The Labute approximate surface area is 131 Å². The third-order valence-corrected chi connectivity index (χ3v) is 3.79. The van der Waals surface area contributed by atoms with Gasteiger partial charge in [0.15, 0.2) is 6.29 Å². The van der Waals surface area contributed by atoms with Gasteiger partial charge in [-0.1, -0.05) is 32.6 Å². The van der Waals surface area contributed by atoms with E-state index in [0.29, 0.717) is 6.42 Å². The summed E-state index contributed by atoms with van der Waals surface area (Å²) in [4.78, 5) is 11.6. The fraction of sp³-hybridized carbons (Fsp3) is 0.933. The van der Waals surface area contributed by atoms with Gasteiger partial charge in [-0.05, 0) is 6.42 Å². The van der Waals surface area contributed by atoms with Crippen molar-refractivity contribution in [1.82, 2.24) is 0 Å². The second-order valence-electron chi connectivity index (χ2n) is 5.60. The number of aliphatic hydroxyl groups is 3. The van der Waals surface area contributed by atoms with E-state index in [1.807, 2.05) is 0 Å². The van der Waals surface area contributed by atoms with E-state index >= 15 is 0 Å². The molecule has 130 valence electrons. The van der Waals surface area contributed by atoms with Gasteiger partial charge in [0.25, 0.3) is 0 Å². The van der Waals surface area contributed by atoms with Gasteiger partial charge < -0.3 is 29.5 Å². The van der Waals surface area contributed by atoms with E-state index in [4.69, 9.17) is 14.2 Å². The molecule has 0 aromatic rings. The minimum absolute atomic E-state index is 0.182. The number of rotatable bonds is 9. The number of aliphatic hydroxyl groups excluding tert-OH is 3. The fourth-order valence-electron chi connectivity index (χ4n) is 2.37. The molecule has 3 N–H and O–H groups in total. The van der Waals surface area contributed by atoms with E-state index in [0.717, 1.165) is 32.1 Å². The average molecular weight is 320 g/mol. The van der Waals surface area contributed by atoms with Crippen molar-refractivity contribution < 1.29 is 34.3 Å². The molecule has 0 amide bonds. The number of unbranched alkanes of at least 4 members (excludes halogenated alkanes) is 4. The number of hydrogen-bond acceptors (Lipinski definition) is 7. The smallest absolute Gasteiger partial charge is 0.305 e. The molecular weight excluding hydrogens is 292 g/mol. The van der Waals surface area contributed by atoms with E-state index in [9.17, 15) is 20.1 Å². The molecule has 1 aliphatic rings. The van der Waals surface area contributed by atoms with Crippen LogP contribution in [0.1, 0.15) is 45.4 Å². The Bertz CT molecular complexity index is 321. The molecule has 0 spiro atoms. The van der Waals surface area contributed by atoms with Gasteiger partial charge in [0.05, 0.1) is 0 Å². The maximum Gasteiger partial charge on any atom is 0.305 e. The van der Waals surface area contributed by atoms with Gasteiger partial charge in [-0.25, -0.2) is 0 Å². The first-order valence-corrected chi connectivity index (χ1v) is 7.89. The van der Waals surface area contributed by atoms with Crippen molar-refractivity contribution in [3.63, 3.8) is 0 Å². The molecule has 7 heteroatoms. The number of hydrogen-bond donors (Lipinski definition) is 3. The molecular formula is C15H28O7. The van der Waals surface area contributed by atoms with Crippen LogP contribution < -0.4 is 0 Å². The summed E-state index contributed by atoms with van der Waals surface area (Å²) in [6, 6.07) is 0. The van der Waals surface area contributed by atoms with Crippen molar-refractivity contribution in [2.75, 3.05) is 13.7 Å². The van der Waals surface area contributed by atoms with Crippen LogP contribution >= 0.6 is 0 Å². The van der Waals surface area contributed by atoms with Crippen LogP contribution in [0.25, 0.3) is 0 Å². The Hall–Kier alpha value is -0.730. The zero-order valence-electron chi connectivity index (χ0n) is 13.3. The Morgan fingerprint density at radius 3 is 2.36 bits per heavy atom. The number of methoxy groups -OCH3 is 1. The minimum Gasteiger partial charge on any atom is -0.463 e. The van der Waals surface area contributed by atoms with Crippen molar-refractivity contribution >= 4 is 5.97 Å². The molecule has 0 bridgehead atoms. The molecule has 5 atom stereocenters. The average Bonchev–Trinajstić information content (AvgIpc) is 2.52. The monoisotopic (exact) mass is 320 g/mol. The molecule has 0 aromatic heterocycles. The van der Waals surface area contributed by atoms with Crippen LogP contribution in [0.5, 0.6) is 0 Å². The molecule has 1 aliphatic heterocycles. The van der Waals surface area contributed by atoms with Gasteiger partial charge in [0.1, 0.15) is 31.0 Å². The largest absolute Gasteiger partial charge is 0.463 e. The first-order valence-electron chi connectivity index (χ1n) is 7.89. The van der Waals surface area contributed by atoms with Crippen molar-refractivity contribution in [3.05, 3.63) is 0 Å². The summed E-state index contributed by atoms with van der Waals surface area (Å²) in [7, 11) is 1.32. The van der Waals surface area contributed by atoms with Gasteiger partial charge in [-0.15, -0.1) is 0 Å². The number of carbonyl (C=O) groups is 1. The number of carbonyl (C=O) groups excluding carboxylic acids is 1. The van der Waals surface area contributed by atoms with Crippen LogP contribution in [-0.4, -0.2) is 65.7 Å². The number of esters is 1. The quantitative estimate of drug-likeness (QED) is 0.415. The molecule has 0 saturated carbocycles. The van der Waals surface area contributed by atoms with Crippen LogP contribution in [0.4, 0.5) is 0 Å². The standard InChI is InChI=1S/C15H28O7/c1-3-4-5-6-7-8-11(16)21-9-10-12(17)13(18)14(19)15(20-2)22-10/h10,12-15,17-19H,3-9H2,1-2H3. The second-order valence-corrected chi connectivity index (χ2v) is 5.60. The van der Waals surface area contributed by atoms with E-state index in [-0.39, 0.29) is 12.6 Å². The summed E-state index contributed by atoms with van der Waals surface area (Å²) in [6.07, 6.45) is -0.563. The maximum absolute atomic E-state index is 11.6. The lowest BCUT2D eigenvalue weighted by atomic mass is 9.99. The molecule has 0 aromatic carbocycles. The second kappa shape index (κ2) is 10.1. The molecule has 5 unspecified atom stereocenters. The highest BCUT2D eigenvalue weighted by molar-refractivity contribution is 5.69. The van der Waals surface area contributed by atoms with Gasteiger partial charge >= 0.3 is 5.97 Å². The molecule has 1 heterocycles. The normalized spacial score (nSPS) is 32.0. The summed E-state index contributed by atoms with van der Waals surface area (Å²) in [5, 5.41) is 29.2. The Morgan fingerprint density at radius 1 is 1.05 bits per heavy atom. The van der Waals surface area contributed by atoms with Gasteiger partial charge in [-0.2, -0.15) is 0 Å². The first kappa shape index (κ1) is 19.3. The van der Waals surface area contributed by atoms with E-state index in [1.165, 1.54) is 7.11 Å². The topological polar surface area (TPSA) is 105 Å². The summed E-state index contributed by atoms with van der Waals surface area (Å²) in [5.74, 6) is -0.359. The van der Waals surface area contributed by atoms with Gasteiger partial charge in [0, 0.05) is 13.5 Å². The highest BCUT2D eigenvalue weighted by Gasteiger charge is 2.44. The van der Waals surface area contributed by atoms with Crippen molar-refractivity contribution in [2.45, 2.75) is 76.2 Å². The van der Waals surface area contributed by atoms with E-state index in [2.05, 4.69) is 6.92 Å². The molecule has 1 rings (SSSR count). The van der Waals surface area contributed by atoms with Crippen molar-refractivity contribution in [1.29, 1.82) is 0 Å². The predicted molar refractivity (Wildman–Crippen MR) is 78.0 cm³/mol. The van der Waals surface area contributed by atoms with Crippen LogP contribution in [0.15, 0.2) is 0 Å². The van der Waals surface area contributed by atoms with Crippen molar-refractivity contribution in [2.24, 2.45) is 0 Å². The zero-order valence-corrected chi connectivity index (χ0v) is 13.3. The molecule has 22 heavy (non-hydrogen) atoms. The van der Waals surface area contributed by atoms with Crippen molar-refractivity contribution in [3.8, 4) is 0 Å². The summed E-state index contributed by atoms with van der Waals surface area (Å²) in [5.41, 5.74) is 0. The number of ether oxygens (including phenoxy) is 3. The fourth-order valence-corrected chi connectivity index (χ4v) is 2.37. The predicted octanol–water partition coefficient (Wildman–Crippen LogP) is 0.344. The minimum atomic E-state index is -1.41. The Morgan fingerprint density at radius 2 is 1.73 bits per heavy atom.